The Labute approximate surface area is 127 Å². The lowest BCUT2D eigenvalue weighted by Crippen LogP contribution is -2.13. The van der Waals surface area contributed by atoms with Gasteiger partial charge in [0, 0.05) is 5.38 Å². The minimum absolute atomic E-state index is 0.144. The van der Waals surface area contributed by atoms with E-state index in [4.69, 9.17) is 5.11 Å². The van der Waals surface area contributed by atoms with E-state index in [1.165, 1.54) is 12.1 Å². The largest absolute Gasteiger partial charge is 0.477 e. The van der Waals surface area contributed by atoms with Gasteiger partial charge >= 0.3 is 12.1 Å². The third-order valence-electron chi connectivity index (χ3n) is 2.81. The molecule has 2 heterocycles. The molecule has 1 unspecified atom stereocenters. The molecule has 0 saturated carbocycles. The molecule has 0 fully saturated rings. The van der Waals surface area contributed by atoms with Gasteiger partial charge in [0.15, 0.2) is 11.4 Å². The Kier molecular flexibility index (Phi) is 4.65. The molecule has 0 radical (unpaired) electrons. The van der Waals surface area contributed by atoms with Crippen LogP contribution in [0.1, 0.15) is 40.6 Å². The van der Waals surface area contributed by atoms with Crippen molar-refractivity contribution in [1.82, 2.24) is 9.97 Å². The fraction of sp³-hybridized carbons (Fsp3) is 0.308. The predicted octanol–water partition coefficient (Wildman–Crippen LogP) is 3.82. The second-order valence-electron chi connectivity index (χ2n) is 4.39. The normalized spacial score (nSPS) is 12.9. The summed E-state index contributed by atoms with van der Waals surface area (Å²) in [5.74, 6) is -0.902. The van der Waals surface area contributed by atoms with E-state index in [-0.39, 0.29) is 16.5 Å². The number of aromatic carboxylic acids is 1. The summed E-state index contributed by atoms with van der Waals surface area (Å²) in [5.41, 5.74) is -1.07. The first-order chi connectivity index (χ1) is 10.3. The molecular formula is C13H12F3N3O2S. The molecule has 22 heavy (non-hydrogen) atoms. The zero-order chi connectivity index (χ0) is 16.3. The Balaban J connectivity index is 2.20. The number of carboxylic acid groups (broad SMARTS) is 1. The third kappa shape index (κ3) is 3.73. The number of thiazole rings is 1. The van der Waals surface area contributed by atoms with Crippen molar-refractivity contribution in [2.45, 2.75) is 25.6 Å². The van der Waals surface area contributed by atoms with Gasteiger partial charge in [-0.25, -0.2) is 14.8 Å². The zero-order valence-corrected chi connectivity index (χ0v) is 12.2. The number of pyridine rings is 1. The van der Waals surface area contributed by atoms with Crippen molar-refractivity contribution in [3.05, 3.63) is 40.0 Å². The Morgan fingerprint density at radius 3 is 2.68 bits per heavy atom. The minimum Gasteiger partial charge on any atom is -0.477 e. The predicted molar refractivity (Wildman–Crippen MR) is 75.0 cm³/mol. The van der Waals surface area contributed by atoms with Crippen LogP contribution in [0.4, 0.5) is 19.0 Å². The van der Waals surface area contributed by atoms with Gasteiger partial charge in [0.2, 0.25) is 0 Å². The molecule has 0 aliphatic rings. The zero-order valence-electron chi connectivity index (χ0n) is 11.4. The molecule has 5 nitrogen and oxygen atoms in total. The molecule has 2 aromatic heterocycles. The van der Waals surface area contributed by atoms with Gasteiger partial charge in [-0.05, 0) is 18.6 Å². The number of nitrogens with one attached hydrogen (secondary N) is 1. The van der Waals surface area contributed by atoms with Gasteiger partial charge in [-0.3, -0.25) is 0 Å². The lowest BCUT2D eigenvalue weighted by atomic mass is 10.2. The van der Waals surface area contributed by atoms with Crippen LogP contribution in [0.5, 0.6) is 0 Å². The van der Waals surface area contributed by atoms with Crippen LogP contribution in [0.3, 0.4) is 0 Å². The standard InChI is InChI=1S/C13H12F3N3O2S/c1-2-7(11-19-9(6-22-11)13(14,15)16)17-10-5-3-4-8(18-10)12(20)21/h3-7H,2H2,1H3,(H,17,18)(H,20,21). The minimum atomic E-state index is -4.48. The van der Waals surface area contributed by atoms with Crippen molar-refractivity contribution < 1.29 is 23.1 Å². The Morgan fingerprint density at radius 2 is 2.14 bits per heavy atom. The molecule has 0 spiro atoms. The van der Waals surface area contributed by atoms with Crippen LogP contribution in [0.15, 0.2) is 23.6 Å². The van der Waals surface area contributed by atoms with Crippen LogP contribution >= 0.6 is 11.3 Å². The summed E-state index contributed by atoms with van der Waals surface area (Å²) in [7, 11) is 0. The van der Waals surface area contributed by atoms with E-state index < -0.39 is 23.9 Å². The number of hydrogen-bond acceptors (Lipinski definition) is 5. The molecule has 2 N–H and O–H groups in total. The highest BCUT2D eigenvalue weighted by atomic mass is 32.1. The van der Waals surface area contributed by atoms with Crippen molar-refractivity contribution in [2.24, 2.45) is 0 Å². The summed E-state index contributed by atoms with van der Waals surface area (Å²) in [6.45, 7) is 1.79. The van der Waals surface area contributed by atoms with E-state index in [2.05, 4.69) is 15.3 Å². The summed E-state index contributed by atoms with van der Waals surface area (Å²) < 4.78 is 37.8. The second-order valence-corrected chi connectivity index (χ2v) is 5.28. The number of alkyl halides is 3. The molecule has 1 atom stereocenters. The number of hydrogen-bond donors (Lipinski definition) is 2. The van der Waals surface area contributed by atoms with Crippen molar-refractivity contribution in [1.29, 1.82) is 0 Å². The summed E-state index contributed by atoms with van der Waals surface area (Å²) in [5, 5.41) is 13.0. The molecule has 2 aromatic rings. The average molecular weight is 331 g/mol. The summed E-state index contributed by atoms with van der Waals surface area (Å²) >= 11 is 0.901. The third-order valence-corrected chi connectivity index (χ3v) is 3.77. The van der Waals surface area contributed by atoms with E-state index in [9.17, 15) is 18.0 Å². The number of halogens is 3. The number of aromatic nitrogens is 2. The molecule has 0 bridgehead atoms. The lowest BCUT2D eigenvalue weighted by Gasteiger charge is -2.15. The van der Waals surface area contributed by atoms with Crippen molar-refractivity contribution in [3.63, 3.8) is 0 Å². The van der Waals surface area contributed by atoms with Gasteiger partial charge < -0.3 is 10.4 Å². The van der Waals surface area contributed by atoms with E-state index in [0.717, 1.165) is 16.7 Å². The first kappa shape index (κ1) is 16.2. The fourth-order valence-electron chi connectivity index (χ4n) is 1.73. The van der Waals surface area contributed by atoms with Crippen LogP contribution < -0.4 is 5.32 Å². The number of nitrogens with zero attached hydrogens (tertiary/aromatic N) is 2. The van der Waals surface area contributed by atoms with Crippen LogP contribution in [0.25, 0.3) is 0 Å². The quantitative estimate of drug-likeness (QED) is 0.871. The smallest absolute Gasteiger partial charge is 0.434 e. The molecular weight excluding hydrogens is 319 g/mol. The molecule has 2 rings (SSSR count). The SMILES string of the molecule is CCC(Nc1cccc(C(=O)O)n1)c1nc(C(F)(F)F)cs1. The molecule has 0 aliphatic heterocycles. The Morgan fingerprint density at radius 1 is 1.41 bits per heavy atom. The van der Waals surface area contributed by atoms with E-state index in [0.29, 0.717) is 6.42 Å². The van der Waals surface area contributed by atoms with E-state index >= 15 is 0 Å². The maximum absolute atomic E-state index is 12.6. The maximum Gasteiger partial charge on any atom is 0.434 e. The van der Waals surface area contributed by atoms with Gasteiger partial charge in [-0.15, -0.1) is 11.3 Å². The van der Waals surface area contributed by atoms with Gasteiger partial charge in [-0.1, -0.05) is 13.0 Å². The van der Waals surface area contributed by atoms with Crippen molar-refractivity contribution >= 4 is 23.1 Å². The van der Waals surface area contributed by atoms with Crippen LogP contribution in [0.2, 0.25) is 0 Å². The highest BCUT2D eigenvalue weighted by Gasteiger charge is 2.34. The van der Waals surface area contributed by atoms with Gasteiger partial charge in [0.05, 0.1) is 6.04 Å². The number of carbonyl (C=O) groups is 1. The molecule has 0 saturated heterocycles. The average Bonchev–Trinajstić information content (AvgIpc) is 2.94. The topological polar surface area (TPSA) is 75.1 Å². The molecule has 0 amide bonds. The number of carboxylic acids is 1. The fourth-order valence-corrected chi connectivity index (χ4v) is 2.69. The van der Waals surface area contributed by atoms with Gasteiger partial charge in [0.25, 0.3) is 0 Å². The monoisotopic (exact) mass is 331 g/mol. The van der Waals surface area contributed by atoms with Gasteiger partial charge in [0.1, 0.15) is 10.8 Å². The molecule has 118 valence electrons. The highest BCUT2D eigenvalue weighted by Crippen LogP contribution is 2.33. The van der Waals surface area contributed by atoms with Crippen LogP contribution in [0, 0.1) is 0 Å². The molecule has 0 aromatic carbocycles. The van der Waals surface area contributed by atoms with Crippen LogP contribution in [-0.2, 0) is 6.18 Å². The van der Waals surface area contributed by atoms with Crippen molar-refractivity contribution in [2.75, 3.05) is 5.32 Å². The number of rotatable bonds is 5. The molecule has 9 heteroatoms. The lowest BCUT2D eigenvalue weighted by molar-refractivity contribution is -0.140. The van der Waals surface area contributed by atoms with E-state index in [1.807, 2.05) is 0 Å². The van der Waals surface area contributed by atoms with E-state index in [1.54, 1.807) is 13.0 Å². The first-order valence-electron chi connectivity index (χ1n) is 6.30. The Hall–Kier alpha value is -2.16. The Bertz CT molecular complexity index is 673. The summed E-state index contributed by atoms with van der Waals surface area (Å²) in [4.78, 5) is 18.3. The van der Waals surface area contributed by atoms with Crippen molar-refractivity contribution in [3.8, 4) is 0 Å². The highest BCUT2D eigenvalue weighted by molar-refractivity contribution is 7.09. The molecule has 0 aliphatic carbocycles. The van der Waals surface area contributed by atoms with Gasteiger partial charge in [-0.2, -0.15) is 13.2 Å². The number of anilines is 1. The van der Waals surface area contributed by atoms with Crippen LogP contribution in [-0.4, -0.2) is 21.0 Å². The summed E-state index contributed by atoms with van der Waals surface area (Å²) in [6.07, 6.45) is -4.00. The summed E-state index contributed by atoms with van der Waals surface area (Å²) in [6, 6.07) is 3.92. The maximum atomic E-state index is 12.6. The first-order valence-corrected chi connectivity index (χ1v) is 7.18. The second kappa shape index (κ2) is 6.30.